The van der Waals surface area contributed by atoms with E-state index >= 15 is 0 Å². The molecule has 9 heteroatoms. The number of aromatic nitrogens is 5. The predicted molar refractivity (Wildman–Crippen MR) is 122 cm³/mol. The van der Waals surface area contributed by atoms with E-state index in [9.17, 15) is 4.79 Å². The molecule has 164 valence electrons. The molecule has 33 heavy (non-hydrogen) atoms. The van der Waals surface area contributed by atoms with Gasteiger partial charge in [-0.25, -0.2) is 14.5 Å². The minimum Gasteiger partial charge on any atom is -0.452 e. The van der Waals surface area contributed by atoms with E-state index in [1.807, 2.05) is 54.6 Å². The summed E-state index contributed by atoms with van der Waals surface area (Å²) in [5, 5.41) is 13.4. The Morgan fingerprint density at radius 3 is 2.61 bits per heavy atom. The van der Waals surface area contributed by atoms with Crippen LogP contribution in [-0.2, 0) is 17.9 Å². The number of hydrogen-bond donors (Lipinski definition) is 0. The van der Waals surface area contributed by atoms with Crippen LogP contribution in [0.25, 0.3) is 22.3 Å². The summed E-state index contributed by atoms with van der Waals surface area (Å²) >= 11 is 6.01. The minimum absolute atomic E-state index is 0.122. The normalized spacial score (nSPS) is 11.1. The molecule has 0 aliphatic rings. The van der Waals surface area contributed by atoms with Gasteiger partial charge in [0.15, 0.2) is 12.3 Å². The summed E-state index contributed by atoms with van der Waals surface area (Å²) in [4.78, 5) is 17.8. The molecule has 0 unspecified atom stereocenters. The Hall–Kier alpha value is -4.04. The molecule has 0 saturated heterocycles. The number of carbonyl (C=O) groups excluding carboxylic acids is 1. The van der Waals surface area contributed by atoms with Crippen molar-refractivity contribution in [2.75, 3.05) is 0 Å². The van der Waals surface area contributed by atoms with Gasteiger partial charge < -0.3 is 9.15 Å². The summed E-state index contributed by atoms with van der Waals surface area (Å²) in [5.41, 5.74) is 3.46. The van der Waals surface area contributed by atoms with Crippen molar-refractivity contribution >= 4 is 28.6 Å². The topological polar surface area (TPSA) is 95.9 Å². The fourth-order valence-corrected chi connectivity index (χ4v) is 3.58. The van der Waals surface area contributed by atoms with Crippen LogP contribution < -0.4 is 0 Å². The van der Waals surface area contributed by atoms with E-state index < -0.39 is 5.97 Å². The molecular weight excluding hydrogens is 442 g/mol. The zero-order valence-corrected chi connectivity index (χ0v) is 18.4. The Kier molecular flexibility index (Phi) is 5.58. The fraction of sp³-hybridized carbons (Fsp3) is 0.125. The third kappa shape index (κ3) is 4.47. The average Bonchev–Trinajstić information content (AvgIpc) is 3.44. The average molecular weight is 460 g/mol. The van der Waals surface area contributed by atoms with Crippen LogP contribution in [0.4, 0.5) is 0 Å². The highest BCUT2D eigenvalue weighted by atomic mass is 35.5. The van der Waals surface area contributed by atoms with Crippen LogP contribution in [0.1, 0.15) is 27.7 Å². The van der Waals surface area contributed by atoms with Crippen molar-refractivity contribution in [3.63, 3.8) is 0 Å². The molecule has 0 aliphatic heterocycles. The molecule has 0 fully saturated rings. The van der Waals surface area contributed by atoms with E-state index in [0.717, 1.165) is 11.1 Å². The molecule has 0 spiro atoms. The number of aryl methyl sites for hydroxylation is 1. The second kappa shape index (κ2) is 8.84. The Bertz CT molecular complexity index is 1430. The van der Waals surface area contributed by atoms with E-state index in [-0.39, 0.29) is 12.5 Å². The predicted octanol–water partition coefficient (Wildman–Crippen LogP) is 4.85. The van der Waals surface area contributed by atoms with Gasteiger partial charge in [0.1, 0.15) is 0 Å². The molecule has 3 heterocycles. The quantitative estimate of drug-likeness (QED) is 0.335. The third-order valence-corrected chi connectivity index (χ3v) is 5.29. The van der Waals surface area contributed by atoms with Gasteiger partial charge in [0, 0.05) is 17.5 Å². The Morgan fingerprint density at radius 1 is 1.09 bits per heavy atom. The molecule has 0 bridgehead atoms. The fourth-order valence-electron chi connectivity index (χ4n) is 3.45. The van der Waals surface area contributed by atoms with Crippen LogP contribution in [0.3, 0.4) is 0 Å². The largest absolute Gasteiger partial charge is 0.452 e. The van der Waals surface area contributed by atoms with Gasteiger partial charge in [0.05, 0.1) is 29.4 Å². The van der Waals surface area contributed by atoms with Gasteiger partial charge in [-0.15, -0.1) is 10.2 Å². The number of carbonyl (C=O) groups is 1. The first-order valence-corrected chi connectivity index (χ1v) is 10.6. The molecule has 0 aliphatic carbocycles. The maximum atomic E-state index is 13.0. The van der Waals surface area contributed by atoms with Crippen molar-refractivity contribution in [3.05, 3.63) is 94.8 Å². The molecule has 5 aromatic rings. The van der Waals surface area contributed by atoms with Gasteiger partial charge >= 0.3 is 5.97 Å². The smallest absolute Gasteiger partial charge is 0.339 e. The van der Waals surface area contributed by atoms with Crippen molar-refractivity contribution in [1.29, 1.82) is 0 Å². The standard InChI is InChI=1S/C24H18ClN5O3/c1-15-28-29-22(33-15)14-32-24(31)19-11-21(17-5-3-2-4-6-17)27-23-20(19)12-26-30(23)13-16-7-9-18(25)10-8-16/h2-12H,13-14H2,1H3. The minimum atomic E-state index is -0.526. The highest BCUT2D eigenvalue weighted by Gasteiger charge is 2.20. The molecule has 5 rings (SSSR count). The molecule has 0 radical (unpaired) electrons. The Balaban J connectivity index is 1.54. The van der Waals surface area contributed by atoms with E-state index in [2.05, 4.69) is 15.3 Å². The SMILES string of the molecule is Cc1nnc(COC(=O)c2cc(-c3ccccc3)nc3c2cnn3Cc2ccc(Cl)cc2)o1. The van der Waals surface area contributed by atoms with Gasteiger partial charge in [-0.05, 0) is 23.8 Å². The second-order valence-electron chi connectivity index (χ2n) is 7.38. The number of rotatable bonds is 6. The zero-order chi connectivity index (χ0) is 22.8. The number of ether oxygens (including phenoxy) is 1. The zero-order valence-electron chi connectivity index (χ0n) is 17.6. The highest BCUT2D eigenvalue weighted by Crippen LogP contribution is 2.26. The summed E-state index contributed by atoms with van der Waals surface area (Å²) in [6.07, 6.45) is 1.63. The monoisotopic (exact) mass is 459 g/mol. The van der Waals surface area contributed by atoms with Crippen molar-refractivity contribution < 1.29 is 13.9 Å². The number of hydrogen-bond acceptors (Lipinski definition) is 7. The highest BCUT2D eigenvalue weighted by molar-refractivity contribution is 6.30. The number of pyridine rings is 1. The van der Waals surface area contributed by atoms with Crippen LogP contribution in [0.15, 0.2) is 71.3 Å². The molecular formula is C24H18ClN5O3. The van der Waals surface area contributed by atoms with E-state index in [4.69, 9.17) is 25.7 Å². The van der Waals surface area contributed by atoms with Gasteiger partial charge in [0.2, 0.25) is 5.89 Å². The lowest BCUT2D eigenvalue weighted by molar-refractivity contribution is 0.0439. The van der Waals surface area contributed by atoms with Gasteiger partial charge in [-0.3, -0.25) is 0 Å². The number of benzene rings is 2. The summed E-state index contributed by atoms with van der Waals surface area (Å²) < 4.78 is 12.5. The first-order chi connectivity index (χ1) is 16.1. The summed E-state index contributed by atoms with van der Waals surface area (Å²) in [5.74, 6) is 0.108. The van der Waals surface area contributed by atoms with Crippen LogP contribution >= 0.6 is 11.6 Å². The lowest BCUT2D eigenvalue weighted by Crippen LogP contribution is -2.08. The molecule has 0 atom stereocenters. The van der Waals surface area contributed by atoms with E-state index in [1.54, 1.807) is 23.9 Å². The van der Waals surface area contributed by atoms with Gasteiger partial charge in [-0.2, -0.15) is 5.10 Å². The van der Waals surface area contributed by atoms with E-state index in [0.29, 0.717) is 39.7 Å². The second-order valence-corrected chi connectivity index (χ2v) is 7.81. The molecule has 0 N–H and O–H groups in total. The molecule has 8 nitrogen and oxygen atoms in total. The summed E-state index contributed by atoms with van der Waals surface area (Å²) in [6.45, 7) is 2.02. The van der Waals surface area contributed by atoms with Crippen molar-refractivity contribution in [2.24, 2.45) is 0 Å². The van der Waals surface area contributed by atoms with Crippen LogP contribution in [0, 0.1) is 6.92 Å². The van der Waals surface area contributed by atoms with E-state index in [1.165, 1.54) is 0 Å². The number of esters is 1. The van der Waals surface area contributed by atoms with Crippen LogP contribution in [0.5, 0.6) is 0 Å². The first kappa shape index (κ1) is 20.8. The maximum absolute atomic E-state index is 13.0. The number of nitrogens with zero attached hydrogens (tertiary/aromatic N) is 5. The lowest BCUT2D eigenvalue weighted by Gasteiger charge is -2.09. The third-order valence-electron chi connectivity index (χ3n) is 5.04. The molecule has 2 aromatic carbocycles. The van der Waals surface area contributed by atoms with Crippen molar-refractivity contribution in [2.45, 2.75) is 20.1 Å². The molecule has 0 amide bonds. The molecule has 0 saturated carbocycles. The molecule has 3 aromatic heterocycles. The lowest BCUT2D eigenvalue weighted by atomic mass is 10.1. The van der Waals surface area contributed by atoms with Gasteiger partial charge in [-0.1, -0.05) is 54.1 Å². The Morgan fingerprint density at radius 2 is 1.88 bits per heavy atom. The summed E-state index contributed by atoms with van der Waals surface area (Å²) in [6, 6.07) is 18.9. The van der Waals surface area contributed by atoms with Crippen molar-refractivity contribution in [1.82, 2.24) is 25.0 Å². The van der Waals surface area contributed by atoms with Gasteiger partial charge in [0.25, 0.3) is 5.89 Å². The number of fused-ring (bicyclic) bond motifs is 1. The maximum Gasteiger partial charge on any atom is 0.339 e. The first-order valence-electron chi connectivity index (χ1n) is 10.2. The summed E-state index contributed by atoms with van der Waals surface area (Å²) in [7, 11) is 0. The van der Waals surface area contributed by atoms with Crippen LogP contribution in [0.2, 0.25) is 5.02 Å². The Labute approximate surface area is 193 Å². The number of halogens is 1. The van der Waals surface area contributed by atoms with Crippen molar-refractivity contribution in [3.8, 4) is 11.3 Å². The van der Waals surface area contributed by atoms with Crippen LogP contribution in [-0.4, -0.2) is 30.9 Å².